The maximum atomic E-state index is 12.3. The van der Waals surface area contributed by atoms with E-state index in [0.717, 1.165) is 4.47 Å². The van der Waals surface area contributed by atoms with Crippen LogP contribution in [-0.2, 0) is 9.59 Å². The fourth-order valence-electron chi connectivity index (χ4n) is 2.38. The minimum atomic E-state index is -0.393. The zero-order valence-corrected chi connectivity index (χ0v) is 15.1. The van der Waals surface area contributed by atoms with Gasteiger partial charge in [0.25, 0.3) is 5.91 Å². The SMILES string of the molecule is N#Cc1cc(NC(=O)CN2C(=O)COc3cc(Br)ccc32)ccc1Cl. The number of amides is 2. The molecule has 1 heterocycles. The molecule has 0 fully saturated rings. The van der Waals surface area contributed by atoms with Crippen LogP contribution in [0.25, 0.3) is 0 Å². The first kappa shape index (κ1) is 17.3. The van der Waals surface area contributed by atoms with Crippen molar-refractivity contribution in [1.29, 1.82) is 5.26 Å². The van der Waals surface area contributed by atoms with E-state index in [1.165, 1.54) is 17.0 Å². The summed E-state index contributed by atoms with van der Waals surface area (Å²) >= 11 is 9.21. The molecule has 1 aliphatic heterocycles. The summed E-state index contributed by atoms with van der Waals surface area (Å²) in [4.78, 5) is 25.8. The summed E-state index contributed by atoms with van der Waals surface area (Å²) in [7, 11) is 0. The van der Waals surface area contributed by atoms with Gasteiger partial charge in [-0.25, -0.2) is 0 Å². The van der Waals surface area contributed by atoms with Crippen LogP contribution in [0.15, 0.2) is 40.9 Å². The molecule has 0 atom stereocenters. The number of halogens is 2. The average molecular weight is 421 g/mol. The summed E-state index contributed by atoms with van der Waals surface area (Å²) in [5.41, 5.74) is 1.23. The van der Waals surface area contributed by atoms with E-state index >= 15 is 0 Å². The molecule has 0 saturated heterocycles. The summed E-state index contributed by atoms with van der Waals surface area (Å²) in [5, 5.41) is 12.0. The molecule has 3 rings (SSSR count). The molecule has 0 bridgehead atoms. The number of nitriles is 1. The lowest BCUT2D eigenvalue weighted by Crippen LogP contribution is -2.43. The highest BCUT2D eigenvalue weighted by molar-refractivity contribution is 9.10. The molecule has 6 nitrogen and oxygen atoms in total. The third kappa shape index (κ3) is 3.76. The van der Waals surface area contributed by atoms with Crippen molar-refractivity contribution in [1.82, 2.24) is 0 Å². The predicted octanol–water partition coefficient (Wildman–Crippen LogP) is 3.34. The summed E-state index contributed by atoms with van der Waals surface area (Å²) in [6, 6.07) is 11.8. The van der Waals surface area contributed by atoms with Crippen LogP contribution in [0, 0.1) is 11.3 Å². The number of carbonyl (C=O) groups is 2. The van der Waals surface area contributed by atoms with Crippen LogP contribution in [0.4, 0.5) is 11.4 Å². The number of ether oxygens (including phenoxy) is 1. The van der Waals surface area contributed by atoms with Gasteiger partial charge in [-0.15, -0.1) is 0 Å². The van der Waals surface area contributed by atoms with Crippen molar-refractivity contribution < 1.29 is 14.3 Å². The average Bonchev–Trinajstić information content (AvgIpc) is 2.59. The van der Waals surface area contributed by atoms with Crippen LogP contribution in [0.5, 0.6) is 5.75 Å². The lowest BCUT2D eigenvalue weighted by atomic mass is 10.2. The third-order valence-corrected chi connectivity index (χ3v) is 4.36. The number of nitrogens with zero attached hydrogens (tertiary/aromatic N) is 2. The van der Waals surface area contributed by atoms with Crippen molar-refractivity contribution in [3.63, 3.8) is 0 Å². The first-order valence-electron chi connectivity index (χ1n) is 7.20. The summed E-state index contributed by atoms with van der Waals surface area (Å²) < 4.78 is 6.20. The number of nitrogens with one attached hydrogen (secondary N) is 1. The molecule has 2 aromatic carbocycles. The molecule has 0 spiro atoms. The molecule has 2 amide bonds. The van der Waals surface area contributed by atoms with E-state index in [9.17, 15) is 9.59 Å². The lowest BCUT2D eigenvalue weighted by molar-refractivity contribution is -0.123. The Kier molecular flexibility index (Phi) is 4.93. The molecule has 25 heavy (non-hydrogen) atoms. The minimum Gasteiger partial charge on any atom is -0.482 e. The highest BCUT2D eigenvalue weighted by Gasteiger charge is 2.27. The van der Waals surface area contributed by atoms with Crippen molar-refractivity contribution in [3.8, 4) is 11.8 Å². The molecule has 0 aliphatic carbocycles. The maximum Gasteiger partial charge on any atom is 0.265 e. The van der Waals surface area contributed by atoms with E-state index < -0.39 is 5.91 Å². The van der Waals surface area contributed by atoms with Crippen molar-refractivity contribution in [2.24, 2.45) is 0 Å². The zero-order valence-electron chi connectivity index (χ0n) is 12.8. The van der Waals surface area contributed by atoms with Crippen LogP contribution in [0.1, 0.15) is 5.56 Å². The van der Waals surface area contributed by atoms with Crippen molar-refractivity contribution in [3.05, 3.63) is 51.5 Å². The molecule has 126 valence electrons. The predicted molar refractivity (Wildman–Crippen MR) is 96.8 cm³/mol. The van der Waals surface area contributed by atoms with E-state index in [0.29, 0.717) is 22.1 Å². The molecule has 2 aromatic rings. The van der Waals surface area contributed by atoms with Crippen LogP contribution >= 0.6 is 27.5 Å². The Labute approximate surface area is 157 Å². The first-order valence-corrected chi connectivity index (χ1v) is 8.37. The highest BCUT2D eigenvalue weighted by atomic mass is 79.9. The topological polar surface area (TPSA) is 82.4 Å². The Morgan fingerprint density at radius 1 is 1.36 bits per heavy atom. The van der Waals surface area contributed by atoms with Crippen molar-refractivity contribution in [2.45, 2.75) is 0 Å². The van der Waals surface area contributed by atoms with Gasteiger partial charge in [0.2, 0.25) is 5.91 Å². The maximum absolute atomic E-state index is 12.3. The van der Waals surface area contributed by atoms with Crippen LogP contribution in [0.2, 0.25) is 5.02 Å². The molecule has 1 N–H and O–H groups in total. The summed E-state index contributed by atoms with van der Waals surface area (Å²) in [6.45, 7) is -0.294. The molecular formula is C17H11BrClN3O3. The summed E-state index contributed by atoms with van der Waals surface area (Å²) in [5.74, 6) is -0.172. The van der Waals surface area contributed by atoms with Gasteiger partial charge in [-0.05, 0) is 36.4 Å². The Morgan fingerprint density at radius 2 is 2.16 bits per heavy atom. The fourth-order valence-corrected chi connectivity index (χ4v) is 2.88. The monoisotopic (exact) mass is 419 g/mol. The number of fused-ring (bicyclic) bond motifs is 1. The molecule has 8 heteroatoms. The number of carbonyl (C=O) groups excluding carboxylic acids is 2. The normalized spacial score (nSPS) is 12.8. The van der Waals surface area contributed by atoms with Gasteiger partial charge in [-0.2, -0.15) is 5.26 Å². The van der Waals surface area contributed by atoms with Gasteiger partial charge >= 0.3 is 0 Å². The number of hydrogen-bond donors (Lipinski definition) is 1. The Morgan fingerprint density at radius 3 is 2.92 bits per heavy atom. The number of benzene rings is 2. The minimum absolute atomic E-state index is 0.129. The molecule has 0 unspecified atom stereocenters. The third-order valence-electron chi connectivity index (χ3n) is 3.54. The van der Waals surface area contributed by atoms with E-state index in [1.807, 2.05) is 6.07 Å². The van der Waals surface area contributed by atoms with Crippen molar-refractivity contribution in [2.75, 3.05) is 23.4 Å². The van der Waals surface area contributed by atoms with Gasteiger partial charge in [0.15, 0.2) is 6.61 Å². The van der Waals surface area contributed by atoms with Gasteiger partial charge in [-0.1, -0.05) is 27.5 Å². The van der Waals surface area contributed by atoms with Gasteiger partial charge in [0.05, 0.1) is 16.3 Å². The van der Waals surface area contributed by atoms with Crippen molar-refractivity contribution >= 4 is 50.7 Å². The smallest absolute Gasteiger partial charge is 0.265 e. The van der Waals surface area contributed by atoms with Crippen LogP contribution in [-0.4, -0.2) is 25.0 Å². The zero-order chi connectivity index (χ0) is 18.0. The van der Waals surface area contributed by atoms with Gasteiger partial charge in [0, 0.05) is 10.2 Å². The summed E-state index contributed by atoms with van der Waals surface area (Å²) in [6.07, 6.45) is 0. The molecular weight excluding hydrogens is 410 g/mol. The number of hydrogen-bond acceptors (Lipinski definition) is 4. The second-order valence-electron chi connectivity index (χ2n) is 5.24. The Balaban J connectivity index is 1.77. The molecule has 0 aromatic heterocycles. The second-order valence-corrected chi connectivity index (χ2v) is 6.56. The number of anilines is 2. The van der Waals surface area contributed by atoms with Gasteiger partial charge in [0.1, 0.15) is 18.4 Å². The standard InChI is InChI=1S/C17H11BrClN3O3/c18-11-1-4-14-15(6-11)25-9-17(24)22(14)8-16(23)21-12-2-3-13(19)10(5-12)7-20/h1-6H,8-9H2,(H,21,23). The quantitative estimate of drug-likeness (QED) is 0.825. The van der Waals surface area contributed by atoms with E-state index in [1.54, 1.807) is 24.3 Å². The Bertz CT molecular complexity index is 910. The van der Waals surface area contributed by atoms with Gasteiger partial charge < -0.3 is 10.1 Å². The second kappa shape index (κ2) is 7.13. The van der Waals surface area contributed by atoms with Gasteiger partial charge in [-0.3, -0.25) is 14.5 Å². The van der Waals surface area contributed by atoms with Crippen LogP contribution in [0.3, 0.4) is 0 Å². The molecule has 0 saturated carbocycles. The molecule has 1 aliphatic rings. The Hall–Kier alpha value is -2.56. The molecule has 0 radical (unpaired) electrons. The first-order chi connectivity index (χ1) is 12.0. The lowest BCUT2D eigenvalue weighted by Gasteiger charge is -2.29. The highest BCUT2D eigenvalue weighted by Crippen LogP contribution is 2.34. The number of rotatable bonds is 3. The van der Waals surface area contributed by atoms with E-state index in [2.05, 4.69) is 21.2 Å². The van der Waals surface area contributed by atoms with E-state index in [-0.39, 0.29) is 24.6 Å². The fraction of sp³-hybridized carbons (Fsp3) is 0.118. The largest absolute Gasteiger partial charge is 0.482 e. The van der Waals surface area contributed by atoms with Crippen LogP contribution < -0.4 is 15.0 Å². The van der Waals surface area contributed by atoms with E-state index in [4.69, 9.17) is 21.6 Å².